The van der Waals surface area contributed by atoms with E-state index in [9.17, 15) is 4.79 Å². The van der Waals surface area contributed by atoms with E-state index in [-0.39, 0.29) is 5.92 Å². The molecule has 4 heteroatoms. The monoisotopic (exact) mass is 166 g/mol. The van der Waals surface area contributed by atoms with Crippen molar-refractivity contribution in [3.8, 4) is 0 Å². The van der Waals surface area contributed by atoms with E-state index >= 15 is 0 Å². The minimum atomic E-state index is -0.699. The molecule has 0 aliphatic heterocycles. The minimum Gasteiger partial charge on any atom is -0.481 e. The molecule has 12 heavy (non-hydrogen) atoms. The predicted octanol–water partition coefficient (Wildman–Crippen LogP) is 0.599. The number of hydrogen-bond acceptors (Lipinski definition) is 2. The van der Waals surface area contributed by atoms with Crippen molar-refractivity contribution >= 4 is 5.97 Å². The molecule has 0 fully saturated rings. The van der Waals surface area contributed by atoms with Gasteiger partial charge in [0, 0.05) is 12.1 Å². The molecule has 0 saturated carbocycles. The predicted molar refractivity (Wildman–Crippen MR) is 41.7 cm³/mol. The third-order valence-corrected chi connectivity index (χ3v) is 2.37. The molecule has 4 nitrogen and oxygen atoms in total. The molecule has 0 spiro atoms. The van der Waals surface area contributed by atoms with Gasteiger partial charge in [0.2, 0.25) is 0 Å². The zero-order valence-corrected chi connectivity index (χ0v) is 6.58. The molecule has 0 unspecified atom stereocenters. The Morgan fingerprint density at radius 1 is 1.75 bits per heavy atom. The maximum absolute atomic E-state index is 10.7. The van der Waals surface area contributed by atoms with E-state index in [4.69, 9.17) is 5.11 Å². The van der Waals surface area contributed by atoms with Gasteiger partial charge in [-0.3, -0.25) is 9.89 Å². The Morgan fingerprint density at radius 3 is 3.33 bits per heavy atom. The number of rotatable bonds is 1. The zero-order chi connectivity index (χ0) is 8.55. The molecule has 1 aliphatic carbocycles. The maximum atomic E-state index is 10.7. The highest BCUT2D eigenvalue weighted by molar-refractivity contribution is 5.70. The zero-order valence-electron chi connectivity index (χ0n) is 6.58. The summed E-state index contributed by atoms with van der Waals surface area (Å²) in [6.07, 6.45) is 3.96. The van der Waals surface area contributed by atoms with Crippen LogP contribution in [0.5, 0.6) is 0 Å². The van der Waals surface area contributed by atoms with Crippen molar-refractivity contribution in [1.82, 2.24) is 10.2 Å². The van der Waals surface area contributed by atoms with E-state index in [1.807, 2.05) is 0 Å². The lowest BCUT2D eigenvalue weighted by molar-refractivity contribution is -0.142. The number of H-pyrrole nitrogens is 1. The van der Waals surface area contributed by atoms with Crippen molar-refractivity contribution in [1.29, 1.82) is 0 Å². The number of fused-ring (bicyclic) bond motifs is 1. The van der Waals surface area contributed by atoms with Crippen LogP contribution >= 0.6 is 0 Å². The van der Waals surface area contributed by atoms with Crippen LogP contribution in [0.2, 0.25) is 0 Å². The van der Waals surface area contributed by atoms with Gasteiger partial charge >= 0.3 is 5.97 Å². The van der Waals surface area contributed by atoms with Crippen molar-refractivity contribution in [3.63, 3.8) is 0 Å². The highest BCUT2D eigenvalue weighted by Crippen LogP contribution is 2.23. The molecule has 1 aromatic heterocycles. The van der Waals surface area contributed by atoms with Crippen LogP contribution in [0.1, 0.15) is 17.7 Å². The van der Waals surface area contributed by atoms with Gasteiger partial charge in [0.05, 0.1) is 12.1 Å². The number of carboxylic acids is 1. The Balaban J connectivity index is 2.20. The second-order valence-electron chi connectivity index (χ2n) is 3.15. The van der Waals surface area contributed by atoms with Gasteiger partial charge in [0.25, 0.3) is 0 Å². The first-order valence-electron chi connectivity index (χ1n) is 4.01. The number of aliphatic carboxylic acids is 1. The summed E-state index contributed by atoms with van der Waals surface area (Å²) in [7, 11) is 0. The Kier molecular flexibility index (Phi) is 1.60. The van der Waals surface area contributed by atoms with Crippen LogP contribution in [-0.4, -0.2) is 21.3 Å². The van der Waals surface area contributed by atoms with Crippen molar-refractivity contribution in [2.24, 2.45) is 5.92 Å². The molecule has 1 aliphatic rings. The molecule has 2 N–H and O–H groups in total. The van der Waals surface area contributed by atoms with Crippen LogP contribution in [0.25, 0.3) is 0 Å². The second kappa shape index (κ2) is 2.62. The van der Waals surface area contributed by atoms with Gasteiger partial charge in [-0.05, 0) is 18.4 Å². The van der Waals surface area contributed by atoms with Gasteiger partial charge in [-0.25, -0.2) is 0 Å². The molecule has 64 valence electrons. The fourth-order valence-electron chi connectivity index (χ4n) is 1.62. The van der Waals surface area contributed by atoms with E-state index in [1.165, 1.54) is 5.56 Å². The lowest BCUT2D eigenvalue weighted by Crippen LogP contribution is -2.21. The number of carbonyl (C=O) groups is 1. The Hall–Kier alpha value is -1.32. The van der Waals surface area contributed by atoms with E-state index in [0.717, 1.165) is 18.5 Å². The van der Waals surface area contributed by atoms with Gasteiger partial charge in [-0.2, -0.15) is 5.10 Å². The third-order valence-electron chi connectivity index (χ3n) is 2.37. The van der Waals surface area contributed by atoms with Crippen LogP contribution in [0, 0.1) is 5.92 Å². The first-order valence-corrected chi connectivity index (χ1v) is 4.01. The molecule has 0 amide bonds. The van der Waals surface area contributed by atoms with E-state index < -0.39 is 5.97 Å². The van der Waals surface area contributed by atoms with Crippen molar-refractivity contribution in [3.05, 3.63) is 17.5 Å². The molecular formula is C8H10N2O2. The van der Waals surface area contributed by atoms with Crippen LogP contribution in [-0.2, 0) is 17.6 Å². The summed E-state index contributed by atoms with van der Waals surface area (Å²) in [6.45, 7) is 0. The fraction of sp³-hybridized carbons (Fsp3) is 0.500. The number of aromatic nitrogens is 2. The number of carboxylic acid groups (broad SMARTS) is 1. The van der Waals surface area contributed by atoms with Crippen LogP contribution in [0.4, 0.5) is 0 Å². The highest BCUT2D eigenvalue weighted by Gasteiger charge is 2.24. The first-order chi connectivity index (χ1) is 5.77. The van der Waals surface area contributed by atoms with E-state index in [2.05, 4.69) is 10.2 Å². The smallest absolute Gasteiger partial charge is 0.306 e. The van der Waals surface area contributed by atoms with Crippen LogP contribution in [0.15, 0.2) is 6.20 Å². The van der Waals surface area contributed by atoms with Gasteiger partial charge < -0.3 is 5.11 Å². The topological polar surface area (TPSA) is 66.0 Å². The van der Waals surface area contributed by atoms with E-state index in [1.54, 1.807) is 6.20 Å². The maximum Gasteiger partial charge on any atom is 0.306 e. The molecule has 0 saturated heterocycles. The van der Waals surface area contributed by atoms with Crippen molar-refractivity contribution in [2.45, 2.75) is 19.3 Å². The largest absolute Gasteiger partial charge is 0.481 e. The van der Waals surface area contributed by atoms with Crippen LogP contribution < -0.4 is 0 Å². The van der Waals surface area contributed by atoms with Gasteiger partial charge in [0.15, 0.2) is 0 Å². The lowest BCUT2D eigenvalue weighted by Gasteiger charge is -2.16. The fourth-order valence-corrected chi connectivity index (χ4v) is 1.62. The minimum absolute atomic E-state index is 0.224. The lowest BCUT2D eigenvalue weighted by atomic mass is 9.88. The van der Waals surface area contributed by atoms with Crippen molar-refractivity contribution < 1.29 is 9.90 Å². The van der Waals surface area contributed by atoms with Gasteiger partial charge in [-0.1, -0.05) is 0 Å². The number of nitrogens with zero attached hydrogens (tertiary/aromatic N) is 1. The summed E-state index contributed by atoms with van der Waals surface area (Å²) in [4.78, 5) is 10.7. The van der Waals surface area contributed by atoms with Crippen LogP contribution in [0.3, 0.4) is 0 Å². The molecule has 1 atom stereocenters. The average Bonchev–Trinajstić information content (AvgIpc) is 2.49. The summed E-state index contributed by atoms with van der Waals surface area (Å²) in [5.41, 5.74) is 2.17. The molecular weight excluding hydrogens is 156 g/mol. The second-order valence-corrected chi connectivity index (χ2v) is 3.15. The highest BCUT2D eigenvalue weighted by atomic mass is 16.4. The molecule has 0 bridgehead atoms. The molecule has 1 heterocycles. The Morgan fingerprint density at radius 2 is 2.58 bits per heavy atom. The summed E-state index contributed by atoms with van der Waals surface area (Å²) in [6, 6.07) is 0. The average molecular weight is 166 g/mol. The molecule has 2 rings (SSSR count). The first kappa shape index (κ1) is 7.34. The van der Waals surface area contributed by atoms with Crippen molar-refractivity contribution in [2.75, 3.05) is 0 Å². The Labute approximate surface area is 69.6 Å². The third kappa shape index (κ3) is 1.09. The Bertz CT molecular complexity index is 306. The van der Waals surface area contributed by atoms with Gasteiger partial charge in [0.1, 0.15) is 0 Å². The standard InChI is InChI=1S/C8H10N2O2/c11-8(12)5-1-2-6-4-9-10-7(6)3-5/h4-5H,1-3H2,(H,9,10)(H,11,12)/t5-/m0/s1. The van der Waals surface area contributed by atoms with Gasteiger partial charge in [-0.15, -0.1) is 0 Å². The number of aromatic amines is 1. The molecule has 0 aromatic carbocycles. The summed E-state index contributed by atoms with van der Waals surface area (Å²) in [5, 5.41) is 15.5. The molecule has 1 aromatic rings. The quantitative estimate of drug-likeness (QED) is 0.642. The summed E-state index contributed by atoms with van der Waals surface area (Å²) in [5.74, 6) is -0.923. The molecule has 0 radical (unpaired) electrons. The number of aryl methyl sites for hydroxylation is 1. The summed E-state index contributed by atoms with van der Waals surface area (Å²) >= 11 is 0. The SMILES string of the molecule is O=C(O)[C@H]1CCc2cn[nH]c2C1. The number of hydrogen-bond donors (Lipinski definition) is 2. The van der Waals surface area contributed by atoms with E-state index in [0.29, 0.717) is 6.42 Å². The number of nitrogens with one attached hydrogen (secondary N) is 1. The summed E-state index contributed by atoms with van der Waals surface area (Å²) < 4.78 is 0. The normalized spacial score (nSPS) is 21.8.